The summed E-state index contributed by atoms with van der Waals surface area (Å²) >= 11 is 0. The molecule has 0 aliphatic heterocycles. The zero-order chi connectivity index (χ0) is 16.8. The van der Waals surface area contributed by atoms with Crippen molar-refractivity contribution in [3.05, 3.63) is 54.6 Å². The first-order valence-corrected chi connectivity index (χ1v) is 8.43. The number of rotatable bonds is 7. The third kappa shape index (κ3) is 4.24. The highest BCUT2D eigenvalue weighted by molar-refractivity contribution is 5.57. The summed E-state index contributed by atoms with van der Waals surface area (Å²) < 4.78 is 7.42. The predicted octanol–water partition coefficient (Wildman–Crippen LogP) is 2.33. The molecule has 5 heteroatoms. The van der Waals surface area contributed by atoms with E-state index in [4.69, 9.17) is 4.74 Å². The van der Waals surface area contributed by atoms with Crippen molar-refractivity contribution < 1.29 is 9.84 Å². The molecule has 0 radical (unpaired) electrons. The molecule has 1 unspecified atom stereocenters. The molecule has 1 aliphatic rings. The summed E-state index contributed by atoms with van der Waals surface area (Å²) in [6, 6.07) is 8.09. The molecule has 3 rings (SSSR count). The minimum atomic E-state index is -0.279. The van der Waals surface area contributed by atoms with E-state index in [-0.39, 0.29) is 12.1 Å². The molecule has 1 aromatic heterocycles. The Bertz CT molecular complexity index is 654. The van der Waals surface area contributed by atoms with Crippen LogP contribution in [0.1, 0.15) is 18.4 Å². The van der Waals surface area contributed by atoms with Crippen molar-refractivity contribution in [2.45, 2.75) is 31.5 Å². The van der Waals surface area contributed by atoms with Crippen molar-refractivity contribution in [1.29, 1.82) is 0 Å². The summed E-state index contributed by atoms with van der Waals surface area (Å²) in [7, 11) is 1.68. The quantitative estimate of drug-likeness (QED) is 0.819. The molecule has 0 bridgehead atoms. The van der Waals surface area contributed by atoms with E-state index in [1.807, 2.05) is 36.8 Å². The van der Waals surface area contributed by atoms with E-state index in [1.54, 1.807) is 13.3 Å². The van der Waals surface area contributed by atoms with Gasteiger partial charge in [-0.25, -0.2) is 4.98 Å². The number of para-hydroxylation sites is 1. The van der Waals surface area contributed by atoms with Gasteiger partial charge in [-0.2, -0.15) is 0 Å². The van der Waals surface area contributed by atoms with Gasteiger partial charge >= 0.3 is 0 Å². The van der Waals surface area contributed by atoms with E-state index in [0.29, 0.717) is 5.92 Å². The second-order valence-electron chi connectivity index (χ2n) is 6.32. The predicted molar refractivity (Wildman–Crippen MR) is 94.8 cm³/mol. The van der Waals surface area contributed by atoms with Crippen LogP contribution < -0.4 is 10.1 Å². The molecule has 128 valence electrons. The monoisotopic (exact) mass is 327 g/mol. The number of aromatic nitrogens is 2. The SMILES string of the molecule is COc1ccccc1C=CCN[C@@H]1CC(Cn2ccnc2)C[C@H]1O. The van der Waals surface area contributed by atoms with Gasteiger partial charge in [-0.05, 0) is 24.8 Å². The van der Waals surface area contributed by atoms with Crippen molar-refractivity contribution in [3.63, 3.8) is 0 Å². The Morgan fingerprint density at radius 3 is 3.04 bits per heavy atom. The van der Waals surface area contributed by atoms with Crippen LogP contribution in [0.15, 0.2) is 49.1 Å². The average molecular weight is 327 g/mol. The molecule has 1 fully saturated rings. The molecular formula is C19H25N3O2. The summed E-state index contributed by atoms with van der Waals surface area (Å²) in [6.45, 7) is 1.66. The van der Waals surface area contributed by atoms with Gasteiger partial charge in [0.1, 0.15) is 5.75 Å². The summed E-state index contributed by atoms with van der Waals surface area (Å²) in [4.78, 5) is 4.07. The molecule has 5 nitrogen and oxygen atoms in total. The second kappa shape index (κ2) is 8.13. The Kier molecular flexibility index (Phi) is 5.67. The highest BCUT2D eigenvalue weighted by atomic mass is 16.5. The van der Waals surface area contributed by atoms with E-state index < -0.39 is 0 Å². The number of hydrogen-bond acceptors (Lipinski definition) is 4. The number of ether oxygens (including phenoxy) is 1. The van der Waals surface area contributed by atoms with Crippen LogP contribution in [-0.4, -0.2) is 40.5 Å². The summed E-state index contributed by atoms with van der Waals surface area (Å²) in [5.41, 5.74) is 1.06. The lowest BCUT2D eigenvalue weighted by Crippen LogP contribution is -2.35. The Labute approximate surface area is 143 Å². The van der Waals surface area contributed by atoms with Gasteiger partial charge in [-0.1, -0.05) is 30.4 Å². The van der Waals surface area contributed by atoms with Gasteiger partial charge in [-0.3, -0.25) is 0 Å². The molecule has 3 atom stereocenters. The van der Waals surface area contributed by atoms with Crippen molar-refractivity contribution in [2.24, 2.45) is 5.92 Å². The fourth-order valence-electron chi connectivity index (χ4n) is 3.39. The van der Waals surface area contributed by atoms with Gasteiger partial charge in [0.05, 0.1) is 19.5 Å². The number of nitrogens with one attached hydrogen (secondary N) is 1. The standard InChI is InChI=1S/C19H25N3O2/c1-24-19-7-3-2-5-16(19)6-4-8-21-17-11-15(12-18(17)23)13-22-10-9-20-14-22/h2-7,9-10,14-15,17-18,21,23H,8,11-13H2,1H3/t15?,17-,18-/m1/s1. The second-order valence-corrected chi connectivity index (χ2v) is 6.32. The van der Waals surface area contributed by atoms with Gasteiger partial charge < -0.3 is 19.7 Å². The number of methoxy groups -OCH3 is 1. The van der Waals surface area contributed by atoms with Gasteiger partial charge in [-0.15, -0.1) is 0 Å². The van der Waals surface area contributed by atoms with Crippen molar-refractivity contribution in [3.8, 4) is 5.75 Å². The largest absolute Gasteiger partial charge is 0.496 e. The first kappa shape index (κ1) is 16.7. The molecule has 1 aromatic carbocycles. The zero-order valence-corrected chi connectivity index (χ0v) is 14.0. The molecule has 0 saturated heterocycles. The highest BCUT2D eigenvalue weighted by Gasteiger charge is 2.32. The third-order valence-corrected chi connectivity index (χ3v) is 4.59. The molecule has 2 N–H and O–H groups in total. The highest BCUT2D eigenvalue weighted by Crippen LogP contribution is 2.27. The van der Waals surface area contributed by atoms with Crippen LogP contribution in [0.3, 0.4) is 0 Å². The minimum absolute atomic E-state index is 0.154. The Hall–Kier alpha value is -2.11. The van der Waals surface area contributed by atoms with Crippen LogP contribution in [-0.2, 0) is 6.54 Å². The number of aliphatic hydroxyl groups excluding tert-OH is 1. The van der Waals surface area contributed by atoms with Gasteiger partial charge in [0.25, 0.3) is 0 Å². The molecule has 1 heterocycles. The summed E-state index contributed by atoms with van der Waals surface area (Å²) in [5.74, 6) is 1.36. The number of imidazole rings is 1. The van der Waals surface area contributed by atoms with Gasteiger partial charge in [0.2, 0.25) is 0 Å². The number of nitrogens with zero attached hydrogens (tertiary/aromatic N) is 2. The lowest BCUT2D eigenvalue weighted by molar-refractivity contribution is 0.148. The van der Waals surface area contributed by atoms with Crippen LogP contribution in [0.4, 0.5) is 0 Å². The van der Waals surface area contributed by atoms with E-state index in [1.165, 1.54) is 0 Å². The molecule has 1 saturated carbocycles. The summed E-state index contributed by atoms with van der Waals surface area (Å²) in [6.07, 6.45) is 11.3. The maximum Gasteiger partial charge on any atom is 0.126 e. The van der Waals surface area contributed by atoms with Gasteiger partial charge in [0, 0.05) is 37.1 Å². The van der Waals surface area contributed by atoms with E-state index in [2.05, 4.69) is 27.0 Å². The number of benzene rings is 1. The molecular weight excluding hydrogens is 302 g/mol. The lowest BCUT2D eigenvalue weighted by Gasteiger charge is -2.15. The van der Waals surface area contributed by atoms with E-state index >= 15 is 0 Å². The topological polar surface area (TPSA) is 59.3 Å². The third-order valence-electron chi connectivity index (χ3n) is 4.59. The van der Waals surface area contributed by atoms with Crippen molar-refractivity contribution >= 4 is 6.08 Å². The zero-order valence-electron chi connectivity index (χ0n) is 14.0. The number of aliphatic hydroxyl groups is 1. The molecule has 24 heavy (non-hydrogen) atoms. The van der Waals surface area contributed by atoms with Crippen LogP contribution in [0.25, 0.3) is 6.08 Å². The van der Waals surface area contributed by atoms with Gasteiger partial charge in [0.15, 0.2) is 0 Å². The molecule has 0 amide bonds. The number of hydrogen-bond donors (Lipinski definition) is 2. The maximum absolute atomic E-state index is 10.3. The Morgan fingerprint density at radius 2 is 2.25 bits per heavy atom. The first-order chi connectivity index (χ1) is 11.8. The van der Waals surface area contributed by atoms with Crippen LogP contribution in [0, 0.1) is 5.92 Å². The molecule has 1 aliphatic carbocycles. The maximum atomic E-state index is 10.3. The van der Waals surface area contributed by atoms with E-state index in [9.17, 15) is 5.11 Å². The Balaban J connectivity index is 1.47. The van der Waals surface area contributed by atoms with Crippen LogP contribution >= 0.6 is 0 Å². The van der Waals surface area contributed by atoms with E-state index in [0.717, 1.165) is 37.2 Å². The summed E-state index contributed by atoms with van der Waals surface area (Å²) in [5, 5.41) is 13.7. The Morgan fingerprint density at radius 1 is 1.38 bits per heavy atom. The fraction of sp³-hybridized carbons (Fsp3) is 0.421. The van der Waals surface area contributed by atoms with Crippen LogP contribution in [0.5, 0.6) is 5.75 Å². The normalized spacial score (nSPS) is 23.8. The smallest absolute Gasteiger partial charge is 0.126 e. The van der Waals surface area contributed by atoms with Crippen LogP contribution in [0.2, 0.25) is 0 Å². The first-order valence-electron chi connectivity index (χ1n) is 8.43. The lowest BCUT2D eigenvalue weighted by atomic mass is 10.1. The van der Waals surface area contributed by atoms with Crippen molar-refractivity contribution in [1.82, 2.24) is 14.9 Å². The molecule has 2 aromatic rings. The molecule has 0 spiro atoms. The average Bonchev–Trinajstić information content (AvgIpc) is 3.22. The minimum Gasteiger partial charge on any atom is -0.496 e. The van der Waals surface area contributed by atoms with Crippen molar-refractivity contribution in [2.75, 3.05) is 13.7 Å². The fourth-order valence-corrected chi connectivity index (χ4v) is 3.39.